The SMILES string of the molecule is Cc1cc(C)c(NC(=O)[C@H]2CN(S(=O)(=O)c3ccccc3)CCN2S(=O)(=O)c2ccccc2)c(C)c1. The van der Waals surface area contributed by atoms with Crippen molar-refractivity contribution in [1.82, 2.24) is 8.61 Å². The third kappa shape index (κ3) is 5.08. The second kappa shape index (κ2) is 10.1. The van der Waals surface area contributed by atoms with E-state index in [1.807, 2.05) is 32.9 Å². The second-order valence-corrected chi connectivity index (χ2v) is 12.7. The van der Waals surface area contributed by atoms with E-state index in [0.717, 1.165) is 21.0 Å². The normalized spacial score (nSPS) is 17.6. The van der Waals surface area contributed by atoms with Gasteiger partial charge in [-0.15, -0.1) is 0 Å². The molecule has 3 aromatic rings. The maximum absolute atomic E-state index is 13.6. The molecule has 0 bridgehead atoms. The van der Waals surface area contributed by atoms with E-state index in [-0.39, 0.29) is 29.4 Å². The Morgan fingerprint density at radius 2 is 1.28 bits per heavy atom. The standard InChI is InChI=1S/C26H29N3O5S2/c1-19-16-20(2)25(21(3)17-19)27-26(30)24-18-28(35(31,32)22-10-6-4-7-11-22)14-15-29(24)36(33,34)23-12-8-5-9-13-23/h4-13,16-17,24H,14-15,18H2,1-3H3,(H,27,30)/t24-/m1/s1. The van der Waals surface area contributed by atoms with E-state index >= 15 is 0 Å². The maximum Gasteiger partial charge on any atom is 0.244 e. The van der Waals surface area contributed by atoms with Crippen LogP contribution in [-0.2, 0) is 24.8 Å². The summed E-state index contributed by atoms with van der Waals surface area (Å²) in [5.41, 5.74) is 3.30. The fourth-order valence-electron chi connectivity index (χ4n) is 4.51. The smallest absolute Gasteiger partial charge is 0.244 e. The molecule has 1 amide bonds. The minimum atomic E-state index is -4.06. The average Bonchev–Trinajstić information content (AvgIpc) is 2.86. The van der Waals surface area contributed by atoms with Crippen LogP contribution in [0, 0.1) is 20.8 Å². The van der Waals surface area contributed by atoms with Crippen molar-refractivity contribution in [3.05, 3.63) is 89.5 Å². The Balaban J connectivity index is 1.72. The number of nitrogens with zero attached hydrogens (tertiary/aromatic N) is 2. The summed E-state index contributed by atoms with van der Waals surface area (Å²) in [5, 5.41) is 2.87. The number of amides is 1. The van der Waals surface area contributed by atoms with Crippen LogP contribution in [0.3, 0.4) is 0 Å². The molecule has 0 unspecified atom stereocenters. The minimum absolute atomic E-state index is 0.0462. The van der Waals surface area contributed by atoms with Crippen molar-refractivity contribution in [3.63, 3.8) is 0 Å². The highest BCUT2D eigenvalue weighted by Gasteiger charge is 2.43. The first-order valence-electron chi connectivity index (χ1n) is 11.5. The number of piperazine rings is 1. The summed E-state index contributed by atoms with van der Waals surface area (Å²) >= 11 is 0. The maximum atomic E-state index is 13.6. The highest BCUT2D eigenvalue weighted by Crippen LogP contribution is 2.28. The molecule has 1 aliphatic heterocycles. The van der Waals surface area contributed by atoms with Gasteiger partial charge < -0.3 is 5.32 Å². The lowest BCUT2D eigenvalue weighted by atomic mass is 10.0. The van der Waals surface area contributed by atoms with Crippen LogP contribution in [-0.4, -0.2) is 57.0 Å². The van der Waals surface area contributed by atoms with E-state index < -0.39 is 32.0 Å². The van der Waals surface area contributed by atoms with Crippen molar-refractivity contribution in [1.29, 1.82) is 0 Å². The Labute approximate surface area is 212 Å². The zero-order chi connectivity index (χ0) is 26.1. The van der Waals surface area contributed by atoms with Gasteiger partial charge in [-0.25, -0.2) is 16.8 Å². The van der Waals surface area contributed by atoms with Crippen LogP contribution in [0.4, 0.5) is 5.69 Å². The molecule has 1 aliphatic rings. The van der Waals surface area contributed by atoms with Gasteiger partial charge in [-0.05, 0) is 56.2 Å². The molecule has 1 atom stereocenters. The molecular formula is C26H29N3O5S2. The third-order valence-corrected chi connectivity index (χ3v) is 10.1. The predicted octanol–water partition coefficient (Wildman–Crippen LogP) is 3.31. The van der Waals surface area contributed by atoms with Crippen LogP contribution >= 0.6 is 0 Å². The lowest BCUT2D eigenvalue weighted by Gasteiger charge is -2.39. The highest BCUT2D eigenvalue weighted by molar-refractivity contribution is 7.89. The van der Waals surface area contributed by atoms with Crippen LogP contribution in [0.15, 0.2) is 82.6 Å². The second-order valence-electron chi connectivity index (χ2n) is 8.88. The molecule has 1 fully saturated rings. The Morgan fingerprint density at radius 3 is 1.81 bits per heavy atom. The van der Waals surface area contributed by atoms with Gasteiger partial charge in [-0.3, -0.25) is 4.79 Å². The monoisotopic (exact) mass is 527 g/mol. The molecule has 1 saturated heterocycles. The molecule has 36 heavy (non-hydrogen) atoms. The number of rotatable bonds is 6. The predicted molar refractivity (Wildman–Crippen MR) is 139 cm³/mol. The van der Waals surface area contributed by atoms with Gasteiger partial charge in [-0.2, -0.15) is 8.61 Å². The first-order valence-corrected chi connectivity index (χ1v) is 14.4. The zero-order valence-electron chi connectivity index (χ0n) is 20.4. The molecule has 10 heteroatoms. The zero-order valence-corrected chi connectivity index (χ0v) is 22.0. The fourth-order valence-corrected chi connectivity index (χ4v) is 7.56. The molecule has 0 aliphatic carbocycles. The van der Waals surface area contributed by atoms with Gasteiger partial charge in [0.05, 0.1) is 9.79 Å². The molecule has 1 N–H and O–H groups in total. The molecule has 0 radical (unpaired) electrons. The number of benzene rings is 3. The molecule has 0 spiro atoms. The molecule has 0 saturated carbocycles. The number of hydrogen-bond acceptors (Lipinski definition) is 5. The average molecular weight is 528 g/mol. The summed E-state index contributed by atoms with van der Waals surface area (Å²) in [6, 6.07) is 18.4. The topological polar surface area (TPSA) is 104 Å². The summed E-state index contributed by atoms with van der Waals surface area (Å²) in [5.74, 6) is -0.586. The number of carbonyl (C=O) groups excluding carboxylic acids is 1. The third-order valence-electron chi connectivity index (χ3n) is 6.25. The number of aryl methyl sites for hydroxylation is 3. The minimum Gasteiger partial charge on any atom is -0.324 e. The number of carbonyl (C=O) groups is 1. The van der Waals surface area contributed by atoms with E-state index in [2.05, 4.69) is 5.32 Å². The van der Waals surface area contributed by atoms with Gasteiger partial charge in [-0.1, -0.05) is 54.1 Å². The molecule has 4 rings (SSSR count). The van der Waals surface area contributed by atoms with E-state index in [4.69, 9.17) is 0 Å². The van der Waals surface area contributed by atoms with E-state index in [0.29, 0.717) is 5.69 Å². The van der Waals surface area contributed by atoms with Crippen molar-refractivity contribution in [3.8, 4) is 0 Å². The molecular weight excluding hydrogens is 498 g/mol. The van der Waals surface area contributed by atoms with Crippen molar-refractivity contribution in [2.75, 3.05) is 25.0 Å². The lowest BCUT2D eigenvalue weighted by molar-refractivity contribution is -0.120. The molecule has 0 aromatic heterocycles. The molecule has 3 aromatic carbocycles. The van der Waals surface area contributed by atoms with Crippen LogP contribution in [0.5, 0.6) is 0 Å². The summed E-state index contributed by atoms with van der Waals surface area (Å²) in [6.45, 7) is 5.14. The Morgan fingerprint density at radius 1 is 0.778 bits per heavy atom. The van der Waals surface area contributed by atoms with Gasteiger partial charge in [0.25, 0.3) is 0 Å². The summed E-state index contributed by atoms with van der Waals surface area (Å²) < 4.78 is 56.0. The van der Waals surface area contributed by atoms with Crippen molar-refractivity contribution >= 4 is 31.6 Å². The fraction of sp³-hybridized carbons (Fsp3) is 0.269. The van der Waals surface area contributed by atoms with Crippen molar-refractivity contribution < 1.29 is 21.6 Å². The molecule has 190 valence electrons. The van der Waals surface area contributed by atoms with Crippen molar-refractivity contribution in [2.45, 2.75) is 36.6 Å². The largest absolute Gasteiger partial charge is 0.324 e. The van der Waals surface area contributed by atoms with Crippen LogP contribution in [0.25, 0.3) is 0 Å². The van der Waals surface area contributed by atoms with E-state index in [9.17, 15) is 21.6 Å². The quantitative estimate of drug-likeness (QED) is 0.530. The molecule has 8 nitrogen and oxygen atoms in total. The van der Waals surface area contributed by atoms with Crippen LogP contribution in [0.2, 0.25) is 0 Å². The summed E-state index contributed by atoms with van der Waals surface area (Å²) in [6.07, 6.45) is 0. The highest BCUT2D eigenvalue weighted by atomic mass is 32.2. The van der Waals surface area contributed by atoms with Crippen LogP contribution in [0.1, 0.15) is 16.7 Å². The number of sulfonamides is 2. The van der Waals surface area contributed by atoms with E-state index in [1.165, 1.54) is 28.6 Å². The lowest BCUT2D eigenvalue weighted by Crippen LogP contribution is -2.60. The van der Waals surface area contributed by atoms with Gasteiger partial charge in [0.2, 0.25) is 26.0 Å². The summed E-state index contributed by atoms with van der Waals surface area (Å²) in [7, 11) is -7.98. The summed E-state index contributed by atoms with van der Waals surface area (Å²) in [4.78, 5) is 13.8. The number of nitrogens with one attached hydrogen (secondary N) is 1. The molecule has 1 heterocycles. The van der Waals surface area contributed by atoms with Gasteiger partial charge >= 0.3 is 0 Å². The van der Waals surface area contributed by atoms with E-state index in [1.54, 1.807) is 36.4 Å². The number of anilines is 1. The Bertz CT molecular complexity index is 1450. The van der Waals surface area contributed by atoms with Crippen LogP contribution < -0.4 is 5.32 Å². The van der Waals surface area contributed by atoms with Gasteiger partial charge in [0.1, 0.15) is 6.04 Å². The van der Waals surface area contributed by atoms with Crippen molar-refractivity contribution in [2.24, 2.45) is 0 Å². The first-order chi connectivity index (χ1) is 17.0. The Hall–Kier alpha value is -3.05. The number of hydrogen-bond donors (Lipinski definition) is 1. The van der Waals surface area contributed by atoms with Gasteiger partial charge in [0, 0.05) is 25.3 Å². The van der Waals surface area contributed by atoms with Gasteiger partial charge in [0.15, 0.2) is 0 Å². The Kier molecular flexibility index (Phi) is 7.33. The first kappa shape index (κ1) is 26.0.